The van der Waals surface area contributed by atoms with Gasteiger partial charge in [0.2, 0.25) is 0 Å². The molecule has 1 aromatic rings. The van der Waals surface area contributed by atoms with Crippen molar-refractivity contribution in [3.63, 3.8) is 0 Å². The van der Waals surface area contributed by atoms with Crippen molar-refractivity contribution in [2.45, 2.75) is 13.3 Å². The average molecular weight is 166 g/mol. The van der Waals surface area contributed by atoms with Gasteiger partial charge in [0.1, 0.15) is 5.75 Å². The number of hydrogen-bond donors (Lipinski definition) is 3. The molecule has 0 radical (unpaired) electrons. The van der Waals surface area contributed by atoms with Gasteiger partial charge in [-0.3, -0.25) is 0 Å². The molecule has 0 heterocycles. The summed E-state index contributed by atoms with van der Waals surface area (Å²) < 4.78 is 0. The predicted molar refractivity (Wildman–Crippen MR) is 51.3 cm³/mol. The van der Waals surface area contributed by atoms with Crippen LogP contribution in [0.2, 0.25) is 0 Å². The summed E-state index contributed by atoms with van der Waals surface area (Å²) in [6.45, 7) is 2.98. The molecule has 0 saturated carbocycles. The Kier molecular flexibility index (Phi) is 2.80. The molecule has 0 aliphatic heterocycles. The minimum Gasteiger partial charge on any atom is -0.508 e. The average Bonchev–Trinajstić information content (AvgIpc) is 2.03. The van der Waals surface area contributed by atoms with Gasteiger partial charge in [0.15, 0.2) is 0 Å². The molecule has 4 N–H and O–H groups in total. The van der Waals surface area contributed by atoms with Crippen LogP contribution >= 0.6 is 0 Å². The summed E-state index contributed by atoms with van der Waals surface area (Å²) in [5.74, 6) is 0.203. The van der Waals surface area contributed by atoms with E-state index in [-0.39, 0.29) is 5.75 Å². The highest BCUT2D eigenvalue weighted by atomic mass is 16.3. The van der Waals surface area contributed by atoms with Crippen molar-refractivity contribution in [2.75, 3.05) is 17.6 Å². The number of hydrogen-bond acceptors (Lipinski definition) is 3. The van der Waals surface area contributed by atoms with Gasteiger partial charge in [-0.05, 0) is 18.6 Å². The van der Waals surface area contributed by atoms with E-state index >= 15 is 0 Å². The van der Waals surface area contributed by atoms with Crippen molar-refractivity contribution in [3.05, 3.63) is 18.2 Å². The fourth-order valence-corrected chi connectivity index (χ4v) is 0.971. The first-order chi connectivity index (χ1) is 5.74. The number of benzene rings is 1. The molecule has 0 aromatic heterocycles. The van der Waals surface area contributed by atoms with Crippen LogP contribution in [0.15, 0.2) is 18.2 Å². The van der Waals surface area contributed by atoms with Crippen LogP contribution < -0.4 is 11.1 Å². The third kappa shape index (κ3) is 2.05. The van der Waals surface area contributed by atoms with E-state index in [2.05, 4.69) is 12.2 Å². The van der Waals surface area contributed by atoms with E-state index in [0.717, 1.165) is 18.7 Å². The van der Waals surface area contributed by atoms with Crippen molar-refractivity contribution >= 4 is 11.4 Å². The van der Waals surface area contributed by atoms with Gasteiger partial charge in [0.05, 0.1) is 11.4 Å². The van der Waals surface area contributed by atoms with Gasteiger partial charge < -0.3 is 16.2 Å². The van der Waals surface area contributed by atoms with E-state index in [4.69, 9.17) is 10.8 Å². The summed E-state index contributed by atoms with van der Waals surface area (Å²) >= 11 is 0. The summed E-state index contributed by atoms with van der Waals surface area (Å²) in [6, 6.07) is 4.94. The topological polar surface area (TPSA) is 58.3 Å². The Labute approximate surface area is 72.2 Å². The summed E-state index contributed by atoms with van der Waals surface area (Å²) in [5.41, 5.74) is 7.11. The van der Waals surface area contributed by atoms with E-state index < -0.39 is 0 Å². The molecule has 1 aromatic carbocycles. The molecule has 66 valence electrons. The highest BCUT2D eigenvalue weighted by Crippen LogP contribution is 2.22. The first-order valence-corrected chi connectivity index (χ1v) is 4.06. The van der Waals surface area contributed by atoms with E-state index in [1.807, 2.05) is 0 Å². The van der Waals surface area contributed by atoms with Crippen molar-refractivity contribution in [2.24, 2.45) is 0 Å². The zero-order chi connectivity index (χ0) is 8.97. The number of nitrogens with two attached hydrogens (primary N) is 1. The van der Waals surface area contributed by atoms with Crippen LogP contribution in [0.4, 0.5) is 11.4 Å². The molecule has 0 unspecified atom stereocenters. The Hall–Kier alpha value is -1.38. The molecule has 12 heavy (non-hydrogen) atoms. The maximum atomic E-state index is 9.06. The number of anilines is 2. The van der Waals surface area contributed by atoms with Crippen LogP contribution in [0.25, 0.3) is 0 Å². The van der Waals surface area contributed by atoms with Gasteiger partial charge in [-0.1, -0.05) is 6.92 Å². The van der Waals surface area contributed by atoms with Crippen LogP contribution in [0.3, 0.4) is 0 Å². The van der Waals surface area contributed by atoms with Gasteiger partial charge in [0, 0.05) is 12.6 Å². The SMILES string of the molecule is CCCNc1ccc(O)cc1N. The number of rotatable bonds is 3. The summed E-state index contributed by atoms with van der Waals surface area (Å²) in [6.07, 6.45) is 1.06. The number of aromatic hydroxyl groups is 1. The molecule has 0 atom stereocenters. The third-order valence-electron chi connectivity index (χ3n) is 1.60. The predicted octanol–water partition coefficient (Wildman–Crippen LogP) is 1.80. The molecule has 0 saturated heterocycles. The molecule has 0 fully saturated rings. The molecule has 3 heteroatoms. The lowest BCUT2D eigenvalue weighted by molar-refractivity contribution is 0.476. The Morgan fingerprint density at radius 2 is 2.25 bits per heavy atom. The zero-order valence-corrected chi connectivity index (χ0v) is 7.17. The number of phenols is 1. The smallest absolute Gasteiger partial charge is 0.117 e. The van der Waals surface area contributed by atoms with Crippen molar-refractivity contribution < 1.29 is 5.11 Å². The second kappa shape index (κ2) is 3.85. The molecule has 0 amide bonds. The first-order valence-electron chi connectivity index (χ1n) is 4.06. The van der Waals surface area contributed by atoms with Gasteiger partial charge in [-0.15, -0.1) is 0 Å². The lowest BCUT2D eigenvalue weighted by atomic mass is 10.2. The van der Waals surface area contributed by atoms with Crippen LogP contribution in [0, 0.1) is 0 Å². The molecular formula is C9H14N2O. The molecular weight excluding hydrogens is 152 g/mol. The lowest BCUT2D eigenvalue weighted by Crippen LogP contribution is -2.02. The largest absolute Gasteiger partial charge is 0.508 e. The fourth-order valence-electron chi connectivity index (χ4n) is 0.971. The molecule has 3 nitrogen and oxygen atoms in total. The monoisotopic (exact) mass is 166 g/mol. The van der Waals surface area contributed by atoms with Gasteiger partial charge in [0.25, 0.3) is 0 Å². The normalized spacial score (nSPS) is 9.75. The minimum atomic E-state index is 0.203. The molecule has 0 aliphatic rings. The second-order valence-corrected chi connectivity index (χ2v) is 2.70. The molecule has 1 rings (SSSR count). The minimum absolute atomic E-state index is 0.203. The van der Waals surface area contributed by atoms with Gasteiger partial charge in [-0.25, -0.2) is 0 Å². The standard InChI is InChI=1S/C9H14N2O/c1-2-5-11-9-4-3-7(12)6-8(9)10/h3-4,6,11-12H,2,5,10H2,1H3. The van der Waals surface area contributed by atoms with E-state index in [9.17, 15) is 0 Å². The van der Waals surface area contributed by atoms with Gasteiger partial charge in [-0.2, -0.15) is 0 Å². The van der Waals surface area contributed by atoms with Crippen molar-refractivity contribution in [1.29, 1.82) is 0 Å². The number of nitrogens with one attached hydrogen (secondary N) is 1. The zero-order valence-electron chi connectivity index (χ0n) is 7.17. The Morgan fingerprint density at radius 1 is 1.50 bits per heavy atom. The van der Waals surface area contributed by atoms with Crippen LogP contribution in [-0.2, 0) is 0 Å². The van der Waals surface area contributed by atoms with E-state index in [0.29, 0.717) is 5.69 Å². The van der Waals surface area contributed by atoms with E-state index in [1.165, 1.54) is 6.07 Å². The van der Waals surface area contributed by atoms with Crippen LogP contribution in [0.5, 0.6) is 5.75 Å². The lowest BCUT2D eigenvalue weighted by Gasteiger charge is -2.07. The second-order valence-electron chi connectivity index (χ2n) is 2.70. The first kappa shape index (κ1) is 8.71. The van der Waals surface area contributed by atoms with Crippen molar-refractivity contribution in [3.8, 4) is 5.75 Å². The maximum Gasteiger partial charge on any atom is 0.117 e. The quantitative estimate of drug-likeness (QED) is 0.474. The van der Waals surface area contributed by atoms with Crippen LogP contribution in [0.1, 0.15) is 13.3 Å². The highest BCUT2D eigenvalue weighted by Gasteiger charge is 1.97. The Bertz CT molecular complexity index is 261. The summed E-state index contributed by atoms with van der Waals surface area (Å²) in [7, 11) is 0. The molecule has 0 aliphatic carbocycles. The Balaban J connectivity index is 2.72. The molecule has 0 bridgehead atoms. The summed E-state index contributed by atoms with van der Waals surface area (Å²) in [5, 5.41) is 12.2. The van der Waals surface area contributed by atoms with Gasteiger partial charge >= 0.3 is 0 Å². The number of nitrogen functional groups attached to an aromatic ring is 1. The summed E-state index contributed by atoms with van der Waals surface area (Å²) in [4.78, 5) is 0. The van der Waals surface area contributed by atoms with Crippen molar-refractivity contribution in [1.82, 2.24) is 0 Å². The number of phenolic OH excluding ortho intramolecular Hbond substituents is 1. The Morgan fingerprint density at radius 3 is 2.83 bits per heavy atom. The van der Waals surface area contributed by atoms with Crippen LogP contribution in [-0.4, -0.2) is 11.7 Å². The van der Waals surface area contributed by atoms with E-state index in [1.54, 1.807) is 12.1 Å². The third-order valence-corrected chi connectivity index (χ3v) is 1.60. The maximum absolute atomic E-state index is 9.06. The fraction of sp³-hybridized carbons (Fsp3) is 0.333. The molecule has 0 spiro atoms. The highest BCUT2D eigenvalue weighted by molar-refractivity contribution is 5.67.